The maximum Gasteiger partial charge on any atom is 0.253 e. The van der Waals surface area contributed by atoms with Crippen molar-refractivity contribution in [2.24, 2.45) is 0 Å². The van der Waals surface area contributed by atoms with Crippen LogP contribution in [0.1, 0.15) is 41.7 Å². The standard InChI is InChI=1S/C19H18BrClN2O2/c1-12(14-5-2-3-6-16(14)20)22-19(25)15-9-8-13(21)11-17(15)23-10-4-7-18(23)24/h2-3,5-6,8-9,11-12H,4,7,10H2,1H3,(H,22,25). The molecule has 0 aromatic heterocycles. The van der Waals surface area contributed by atoms with E-state index < -0.39 is 0 Å². The molecule has 1 aliphatic heterocycles. The highest BCUT2D eigenvalue weighted by Crippen LogP contribution is 2.30. The highest BCUT2D eigenvalue weighted by molar-refractivity contribution is 9.10. The minimum Gasteiger partial charge on any atom is -0.345 e. The highest BCUT2D eigenvalue weighted by atomic mass is 79.9. The van der Waals surface area contributed by atoms with Crippen LogP contribution in [0.4, 0.5) is 5.69 Å². The molecule has 130 valence electrons. The third-order valence-corrected chi connectivity index (χ3v) is 5.25. The number of hydrogen-bond donors (Lipinski definition) is 1. The van der Waals surface area contributed by atoms with Crippen LogP contribution in [0.5, 0.6) is 0 Å². The predicted octanol–water partition coefficient (Wildman–Crippen LogP) is 4.72. The Balaban J connectivity index is 1.87. The number of halogens is 2. The zero-order valence-corrected chi connectivity index (χ0v) is 16.1. The maximum atomic E-state index is 12.8. The monoisotopic (exact) mass is 420 g/mol. The molecule has 3 rings (SSSR count). The molecule has 4 nitrogen and oxygen atoms in total. The number of nitrogens with zero attached hydrogens (tertiary/aromatic N) is 1. The van der Waals surface area contributed by atoms with Crippen LogP contribution < -0.4 is 10.2 Å². The van der Waals surface area contributed by atoms with E-state index in [1.807, 2.05) is 31.2 Å². The first kappa shape index (κ1) is 18.0. The zero-order chi connectivity index (χ0) is 18.0. The van der Waals surface area contributed by atoms with E-state index in [4.69, 9.17) is 11.6 Å². The van der Waals surface area contributed by atoms with E-state index in [0.29, 0.717) is 29.2 Å². The third-order valence-electron chi connectivity index (χ3n) is 4.29. The molecule has 1 saturated heterocycles. The third kappa shape index (κ3) is 3.88. The van der Waals surface area contributed by atoms with Crippen molar-refractivity contribution in [3.8, 4) is 0 Å². The van der Waals surface area contributed by atoms with E-state index in [1.165, 1.54) is 0 Å². The summed E-state index contributed by atoms with van der Waals surface area (Å²) in [7, 11) is 0. The van der Waals surface area contributed by atoms with Crippen LogP contribution >= 0.6 is 27.5 Å². The van der Waals surface area contributed by atoms with Gasteiger partial charge in [-0.25, -0.2) is 0 Å². The summed E-state index contributed by atoms with van der Waals surface area (Å²) < 4.78 is 0.939. The minimum absolute atomic E-state index is 0.0233. The number of carbonyl (C=O) groups excluding carboxylic acids is 2. The number of anilines is 1. The Hall–Kier alpha value is -1.85. The average Bonchev–Trinajstić information content (AvgIpc) is 3.00. The predicted molar refractivity (Wildman–Crippen MR) is 103 cm³/mol. The first-order valence-corrected chi connectivity index (χ1v) is 9.29. The van der Waals surface area contributed by atoms with Gasteiger partial charge in [0, 0.05) is 22.5 Å². The number of nitrogens with one attached hydrogen (secondary N) is 1. The SMILES string of the molecule is CC(NC(=O)c1ccc(Cl)cc1N1CCCC1=O)c1ccccc1Br. The zero-order valence-electron chi connectivity index (χ0n) is 13.8. The van der Waals surface area contributed by atoms with Crippen LogP contribution in [0.2, 0.25) is 5.02 Å². The van der Waals surface area contributed by atoms with Crippen LogP contribution in [-0.2, 0) is 4.79 Å². The van der Waals surface area contributed by atoms with Crippen molar-refractivity contribution < 1.29 is 9.59 Å². The van der Waals surface area contributed by atoms with Gasteiger partial charge in [-0.3, -0.25) is 9.59 Å². The smallest absolute Gasteiger partial charge is 0.253 e. The molecule has 6 heteroatoms. The van der Waals surface area contributed by atoms with Crippen molar-refractivity contribution in [2.75, 3.05) is 11.4 Å². The van der Waals surface area contributed by atoms with Gasteiger partial charge in [-0.2, -0.15) is 0 Å². The molecule has 0 saturated carbocycles. The van der Waals surface area contributed by atoms with Crippen molar-refractivity contribution >= 4 is 45.0 Å². The molecule has 0 spiro atoms. The van der Waals surface area contributed by atoms with Crippen molar-refractivity contribution in [3.05, 3.63) is 63.1 Å². The lowest BCUT2D eigenvalue weighted by molar-refractivity contribution is -0.117. The van der Waals surface area contributed by atoms with Crippen LogP contribution in [-0.4, -0.2) is 18.4 Å². The Morgan fingerprint density at radius 3 is 2.72 bits per heavy atom. The van der Waals surface area contributed by atoms with Crippen LogP contribution in [0.15, 0.2) is 46.9 Å². The molecule has 1 N–H and O–H groups in total. The summed E-state index contributed by atoms with van der Waals surface area (Å²) >= 11 is 9.60. The molecule has 25 heavy (non-hydrogen) atoms. The van der Waals surface area contributed by atoms with E-state index in [2.05, 4.69) is 21.2 Å². The second-order valence-electron chi connectivity index (χ2n) is 6.03. The maximum absolute atomic E-state index is 12.8. The van der Waals surface area contributed by atoms with Gasteiger partial charge in [0.05, 0.1) is 17.3 Å². The summed E-state index contributed by atoms with van der Waals surface area (Å²) in [5.41, 5.74) is 2.02. The lowest BCUT2D eigenvalue weighted by Crippen LogP contribution is -2.31. The Labute approximate surface area is 160 Å². The summed E-state index contributed by atoms with van der Waals surface area (Å²) in [5.74, 6) is -0.204. The molecular formula is C19H18BrClN2O2. The first-order chi connectivity index (χ1) is 12.0. The van der Waals surface area contributed by atoms with Crippen LogP contribution in [0.25, 0.3) is 0 Å². The highest BCUT2D eigenvalue weighted by Gasteiger charge is 2.26. The summed E-state index contributed by atoms with van der Waals surface area (Å²) in [6.45, 7) is 2.54. The Morgan fingerprint density at radius 2 is 2.04 bits per heavy atom. The Bertz CT molecular complexity index is 825. The van der Waals surface area contributed by atoms with Gasteiger partial charge in [0.25, 0.3) is 5.91 Å². The van der Waals surface area contributed by atoms with Gasteiger partial charge >= 0.3 is 0 Å². The molecule has 2 amide bonds. The summed E-state index contributed by atoms with van der Waals surface area (Å²) in [6.07, 6.45) is 1.29. The Kier molecular flexibility index (Phi) is 5.45. The van der Waals surface area contributed by atoms with Crippen molar-refractivity contribution in [1.82, 2.24) is 5.32 Å². The van der Waals surface area contributed by atoms with Crippen molar-refractivity contribution in [1.29, 1.82) is 0 Å². The lowest BCUT2D eigenvalue weighted by Gasteiger charge is -2.21. The van der Waals surface area contributed by atoms with E-state index >= 15 is 0 Å². The second kappa shape index (κ2) is 7.58. The van der Waals surface area contributed by atoms with E-state index in [0.717, 1.165) is 16.5 Å². The fraction of sp³-hybridized carbons (Fsp3) is 0.263. The quantitative estimate of drug-likeness (QED) is 0.776. The minimum atomic E-state index is -0.227. The molecule has 1 atom stereocenters. The topological polar surface area (TPSA) is 49.4 Å². The van der Waals surface area contributed by atoms with E-state index in [-0.39, 0.29) is 17.9 Å². The molecule has 1 heterocycles. The molecule has 0 radical (unpaired) electrons. The van der Waals surface area contributed by atoms with Gasteiger partial charge in [-0.15, -0.1) is 0 Å². The molecule has 2 aromatic carbocycles. The van der Waals surface area contributed by atoms with Gasteiger partial charge < -0.3 is 10.2 Å². The van der Waals surface area contributed by atoms with Crippen LogP contribution in [0, 0.1) is 0 Å². The molecule has 2 aromatic rings. The molecule has 0 aliphatic carbocycles. The van der Waals surface area contributed by atoms with E-state index in [9.17, 15) is 9.59 Å². The summed E-state index contributed by atoms with van der Waals surface area (Å²) in [5, 5.41) is 3.51. The average molecular weight is 422 g/mol. The van der Waals surface area contributed by atoms with Gasteiger partial charge in [-0.1, -0.05) is 45.7 Å². The summed E-state index contributed by atoms with van der Waals surface area (Å²) in [6, 6.07) is 12.6. The molecule has 0 bridgehead atoms. The largest absolute Gasteiger partial charge is 0.345 e. The fourth-order valence-electron chi connectivity index (χ4n) is 3.00. The molecule has 1 unspecified atom stereocenters. The number of hydrogen-bond acceptors (Lipinski definition) is 2. The van der Waals surface area contributed by atoms with Crippen molar-refractivity contribution in [2.45, 2.75) is 25.8 Å². The first-order valence-electron chi connectivity index (χ1n) is 8.12. The summed E-state index contributed by atoms with van der Waals surface area (Å²) in [4.78, 5) is 26.6. The molecule has 1 aliphatic rings. The Morgan fingerprint density at radius 1 is 1.28 bits per heavy atom. The number of benzene rings is 2. The fourth-order valence-corrected chi connectivity index (χ4v) is 3.80. The van der Waals surface area contributed by atoms with Crippen molar-refractivity contribution in [3.63, 3.8) is 0 Å². The second-order valence-corrected chi connectivity index (χ2v) is 7.32. The normalized spacial score (nSPS) is 15.3. The van der Waals surface area contributed by atoms with Gasteiger partial charge in [0.15, 0.2) is 0 Å². The van der Waals surface area contributed by atoms with Gasteiger partial charge in [0.2, 0.25) is 5.91 Å². The number of rotatable bonds is 4. The molecular weight excluding hydrogens is 404 g/mol. The van der Waals surface area contributed by atoms with E-state index in [1.54, 1.807) is 23.1 Å². The molecule has 1 fully saturated rings. The lowest BCUT2D eigenvalue weighted by atomic mass is 10.1. The number of carbonyl (C=O) groups is 2. The number of amides is 2. The van der Waals surface area contributed by atoms with Crippen LogP contribution in [0.3, 0.4) is 0 Å². The van der Waals surface area contributed by atoms with Gasteiger partial charge in [-0.05, 0) is 43.2 Å². The van der Waals surface area contributed by atoms with Gasteiger partial charge in [0.1, 0.15) is 0 Å².